The van der Waals surface area contributed by atoms with E-state index in [4.69, 9.17) is 4.74 Å². The molecule has 0 aliphatic heterocycles. The van der Waals surface area contributed by atoms with Crippen molar-refractivity contribution in [2.45, 2.75) is 19.8 Å². The summed E-state index contributed by atoms with van der Waals surface area (Å²) in [6, 6.07) is 11.3. The number of pyridine rings is 1. The third kappa shape index (κ3) is 3.91. The lowest BCUT2D eigenvalue weighted by molar-refractivity contribution is -0.115. The second-order valence-electron chi connectivity index (χ2n) is 4.77. The number of hydrogen-bond acceptors (Lipinski definition) is 4. The number of amides is 1. The Morgan fingerprint density at radius 3 is 2.59 bits per heavy atom. The molecule has 5 nitrogen and oxygen atoms in total. The maximum absolute atomic E-state index is 12.0. The Balaban J connectivity index is 2.32. The summed E-state index contributed by atoms with van der Waals surface area (Å²) in [5, 5.41) is 2.69. The highest BCUT2D eigenvalue weighted by Gasteiger charge is 2.15. The van der Waals surface area contributed by atoms with Crippen LogP contribution in [0.2, 0.25) is 0 Å². The second-order valence-corrected chi connectivity index (χ2v) is 4.77. The van der Waals surface area contributed by atoms with Crippen LogP contribution in [0.25, 0.3) is 0 Å². The quantitative estimate of drug-likeness (QED) is 0.862. The predicted molar refractivity (Wildman–Crippen MR) is 83.7 cm³/mol. The van der Waals surface area contributed by atoms with E-state index in [0.29, 0.717) is 29.8 Å². The summed E-state index contributed by atoms with van der Waals surface area (Å²) in [6.07, 6.45) is 2.44. The predicted octanol–water partition coefficient (Wildman–Crippen LogP) is 2.81. The smallest absolute Gasteiger partial charge is 0.339 e. The third-order valence-corrected chi connectivity index (χ3v) is 3.19. The van der Waals surface area contributed by atoms with Gasteiger partial charge in [0, 0.05) is 12.8 Å². The van der Waals surface area contributed by atoms with Gasteiger partial charge in [0.1, 0.15) is 0 Å². The van der Waals surface area contributed by atoms with Crippen molar-refractivity contribution in [3.63, 3.8) is 0 Å². The molecule has 0 radical (unpaired) electrons. The number of carbonyl (C=O) groups excluding carboxylic acids is 2. The molecule has 0 fully saturated rings. The van der Waals surface area contributed by atoms with Crippen molar-refractivity contribution in [2.24, 2.45) is 0 Å². The van der Waals surface area contributed by atoms with Crippen molar-refractivity contribution in [3.8, 4) is 0 Å². The van der Waals surface area contributed by atoms with Gasteiger partial charge in [-0.05, 0) is 11.6 Å². The fraction of sp³-hybridized carbons (Fsp3) is 0.235. The number of aromatic nitrogens is 1. The van der Waals surface area contributed by atoms with Crippen LogP contribution in [0.1, 0.15) is 35.0 Å². The highest BCUT2D eigenvalue weighted by molar-refractivity contribution is 5.94. The molecule has 0 atom stereocenters. The van der Waals surface area contributed by atoms with Gasteiger partial charge in [-0.3, -0.25) is 9.78 Å². The summed E-state index contributed by atoms with van der Waals surface area (Å²) in [6.45, 7) is 1.76. The average molecular weight is 298 g/mol. The summed E-state index contributed by atoms with van der Waals surface area (Å²) in [7, 11) is 1.33. The van der Waals surface area contributed by atoms with Crippen LogP contribution in [0.4, 0.5) is 5.69 Å². The molecule has 5 heteroatoms. The van der Waals surface area contributed by atoms with Gasteiger partial charge in [-0.2, -0.15) is 0 Å². The first-order valence-corrected chi connectivity index (χ1v) is 7.05. The molecule has 114 valence electrons. The second kappa shape index (κ2) is 7.36. The van der Waals surface area contributed by atoms with Crippen molar-refractivity contribution >= 4 is 17.6 Å². The molecule has 22 heavy (non-hydrogen) atoms. The Morgan fingerprint density at radius 2 is 1.95 bits per heavy atom. The Hall–Kier alpha value is -2.69. The van der Waals surface area contributed by atoms with Crippen LogP contribution < -0.4 is 5.32 Å². The van der Waals surface area contributed by atoms with Gasteiger partial charge in [0.05, 0.1) is 30.3 Å². The molecule has 0 saturated carbocycles. The minimum Gasteiger partial charge on any atom is -0.465 e. The molecule has 0 unspecified atom stereocenters. The van der Waals surface area contributed by atoms with E-state index in [9.17, 15) is 9.59 Å². The topological polar surface area (TPSA) is 68.3 Å². The standard InChI is InChI=1S/C17H18N2O3/c1-3-16(20)19-13-10-14(17(21)22-2)15(18-11-13)9-12-7-5-4-6-8-12/h4-8,10-11H,3,9H2,1-2H3,(H,19,20). The Labute approximate surface area is 129 Å². The van der Waals surface area contributed by atoms with Crippen molar-refractivity contribution in [1.82, 2.24) is 4.98 Å². The lowest BCUT2D eigenvalue weighted by Gasteiger charge is -2.10. The molecule has 1 aromatic carbocycles. The lowest BCUT2D eigenvalue weighted by atomic mass is 10.0. The maximum Gasteiger partial charge on any atom is 0.339 e. The van der Waals surface area contributed by atoms with Gasteiger partial charge in [-0.15, -0.1) is 0 Å². The first-order chi connectivity index (χ1) is 10.6. The molecule has 1 amide bonds. The molecule has 1 heterocycles. The summed E-state index contributed by atoms with van der Waals surface area (Å²) < 4.78 is 4.81. The molecular formula is C17H18N2O3. The molecule has 2 rings (SSSR count). The molecule has 0 aliphatic carbocycles. The van der Waals surface area contributed by atoms with Crippen molar-refractivity contribution in [3.05, 3.63) is 59.4 Å². The van der Waals surface area contributed by atoms with Gasteiger partial charge in [0.2, 0.25) is 5.91 Å². The minimum absolute atomic E-state index is 0.131. The zero-order chi connectivity index (χ0) is 15.9. The molecule has 0 saturated heterocycles. The van der Waals surface area contributed by atoms with Crippen molar-refractivity contribution in [2.75, 3.05) is 12.4 Å². The molecule has 0 spiro atoms. The normalized spacial score (nSPS) is 10.1. The van der Waals surface area contributed by atoms with E-state index < -0.39 is 5.97 Å². The third-order valence-electron chi connectivity index (χ3n) is 3.19. The van der Waals surface area contributed by atoms with E-state index in [0.717, 1.165) is 5.56 Å². The van der Waals surface area contributed by atoms with E-state index in [1.807, 2.05) is 30.3 Å². The van der Waals surface area contributed by atoms with Gasteiger partial charge in [0.25, 0.3) is 0 Å². The number of methoxy groups -OCH3 is 1. The molecule has 0 aliphatic rings. The number of rotatable bonds is 5. The van der Waals surface area contributed by atoms with E-state index in [1.165, 1.54) is 7.11 Å². The number of anilines is 1. The molecule has 1 N–H and O–H groups in total. The number of benzene rings is 1. The number of hydrogen-bond donors (Lipinski definition) is 1. The zero-order valence-electron chi connectivity index (χ0n) is 12.6. The summed E-state index contributed by atoms with van der Waals surface area (Å²) in [5.41, 5.74) is 2.52. The minimum atomic E-state index is -0.467. The Morgan fingerprint density at radius 1 is 1.23 bits per heavy atom. The largest absolute Gasteiger partial charge is 0.465 e. The van der Waals surface area contributed by atoms with Crippen LogP contribution in [0, 0.1) is 0 Å². The van der Waals surface area contributed by atoms with Gasteiger partial charge in [-0.25, -0.2) is 4.79 Å². The monoisotopic (exact) mass is 298 g/mol. The van der Waals surface area contributed by atoms with Crippen LogP contribution in [-0.4, -0.2) is 24.0 Å². The van der Waals surface area contributed by atoms with E-state index in [-0.39, 0.29) is 5.91 Å². The van der Waals surface area contributed by atoms with Crippen LogP contribution >= 0.6 is 0 Å². The number of nitrogens with zero attached hydrogens (tertiary/aromatic N) is 1. The van der Waals surface area contributed by atoms with Gasteiger partial charge >= 0.3 is 5.97 Å². The Bertz CT molecular complexity index is 669. The maximum atomic E-state index is 12.0. The van der Waals surface area contributed by atoms with Crippen LogP contribution in [0.3, 0.4) is 0 Å². The van der Waals surface area contributed by atoms with Crippen LogP contribution in [0.5, 0.6) is 0 Å². The molecule has 2 aromatic rings. The SMILES string of the molecule is CCC(=O)Nc1cnc(Cc2ccccc2)c(C(=O)OC)c1. The molecule has 0 bridgehead atoms. The van der Waals surface area contributed by atoms with E-state index >= 15 is 0 Å². The highest BCUT2D eigenvalue weighted by atomic mass is 16.5. The zero-order valence-corrected chi connectivity index (χ0v) is 12.6. The van der Waals surface area contributed by atoms with Gasteiger partial charge in [-0.1, -0.05) is 37.3 Å². The number of nitrogens with one attached hydrogen (secondary N) is 1. The Kier molecular flexibility index (Phi) is 5.25. The molecule has 1 aromatic heterocycles. The first kappa shape index (κ1) is 15.7. The van der Waals surface area contributed by atoms with E-state index in [1.54, 1.807) is 19.2 Å². The lowest BCUT2D eigenvalue weighted by Crippen LogP contribution is -2.13. The van der Waals surface area contributed by atoms with Crippen molar-refractivity contribution < 1.29 is 14.3 Å². The number of esters is 1. The van der Waals surface area contributed by atoms with Crippen LogP contribution in [0.15, 0.2) is 42.6 Å². The number of carbonyl (C=O) groups is 2. The summed E-state index contributed by atoms with van der Waals surface area (Å²) >= 11 is 0. The summed E-state index contributed by atoms with van der Waals surface area (Å²) in [4.78, 5) is 27.7. The van der Waals surface area contributed by atoms with Crippen LogP contribution in [-0.2, 0) is 16.0 Å². The fourth-order valence-electron chi connectivity index (χ4n) is 2.03. The highest BCUT2D eigenvalue weighted by Crippen LogP contribution is 2.18. The first-order valence-electron chi connectivity index (χ1n) is 7.05. The average Bonchev–Trinajstić information content (AvgIpc) is 2.56. The number of ether oxygens (including phenoxy) is 1. The van der Waals surface area contributed by atoms with Crippen molar-refractivity contribution in [1.29, 1.82) is 0 Å². The van der Waals surface area contributed by atoms with E-state index in [2.05, 4.69) is 10.3 Å². The van der Waals surface area contributed by atoms with Gasteiger partial charge < -0.3 is 10.1 Å². The summed E-state index contributed by atoms with van der Waals surface area (Å²) in [5.74, 6) is -0.598. The van der Waals surface area contributed by atoms with Gasteiger partial charge in [0.15, 0.2) is 0 Å². The fourth-order valence-corrected chi connectivity index (χ4v) is 2.03. The molecular weight excluding hydrogens is 280 g/mol.